The van der Waals surface area contributed by atoms with E-state index < -0.39 is 0 Å². The van der Waals surface area contributed by atoms with Crippen LogP contribution < -0.4 is 5.17 Å². The van der Waals surface area contributed by atoms with Crippen molar-refractivity contribution in [2.75, 3.05) is 0 Å². The van der Waals surface area contributed by atoms with Gasteiger partial charge in [-0.15, -0.1) is 0 Å². The molecule has 0 aromatic carbocycles. The minimum Gasteiger partial charge on any atom is -0.600 e. The van der Waals surface area contributed by atoms with E-state index in [2.05, 4.69) is 15.1 Å². The molecule has 0 aromatic rings. The number of aliphatic imine (C=N–C) groups is 2. The van der Waals surface area contributed by atoms with Crippen molar-refractivity contribution < 1.29 is 5.17 Å². The molecule has 2 aliphatic rings. The average molecular weight is 136 g/mol. The second kappa shape index (κ2) is 1.83. The molecular weight excluding hydrogens is 132 g/mol. The second-order valence-corrected chi connectivity index (χ2v) is 1.86. The number of rotatable bonds is 0. The fourth-order valence-electron chi connectivity index (χ4n) is 0.800. The Morgan fingerprint density at radius 1 is 1.50 bits per heavy atom. The van der Waals surface area contributed by atoms with Crippen LogP contribution in [-0.4, -0.2) is 18.4 Å². The van der Waals surface area contributed by atoms with Crippen LogP contribution >= 0.6 is 0 Å². The van der Waals surface area contributed by atoms with E-state index in [0.29, 0.717) is 11.5 Å². The number of hydrogen-bond donors (Lipinski definition) is 1. The van der Waals surface area contributed by atoms with Crippen molar-refractivity contribution in [3.8, 4) is 0 Å². The van der Waals surface area contributed by atoms with Crippen LogP contribution in [-0.2, 0) is 0 Å². The van der Waals surface area contributed by atoms with Gasteiger partial charge in [-0.3, -0.25) is 0 Å². The Morgan fingerprint density at radius 3 is 3.20 bits per heavy atom. The van der Waals surface area contributed by atoms with Gasteiger partial charge in [0, 0.05) is 0 Å². The summed E-state index contributed by atoms with van der Waals surface area (Å²) in [5.74, 6) is 0.350. The van der Waals surface area contributed by atoms with Gasteiger partial charge in [-0.05, 0) is 6.08 Å². The van der Waals surface area contributed by atoms with Crippen molar-refractivity contribution in [3.05, 3.63) is 17.0 Å². The molecule has 2 heterocycles. The molecule has 1 unspecified atom stereocenters. The zero-order valence-electron chi connectivity index (χ0n) is 4.98. The Morgan fingerprint density at radius 2 is 2.40 bits per heavy atom. The molecule has 50 valence electrons. The SMILES string of the molecule is [O-][NH+]1N=CC=C2N=CN=C21. The van der Waals surface area contributed by atoms with Gasteiger partial charge < -0.3 is 5.21 Å². The summed E-state index contributed by atoms with van der Waals surface area (Å²) in [6, 6.07) is 0. The summed E-state index contributed by atoms with van der Waals surface area (Å²) in [6.07, 6.45) is 4.44. The highest BCUT2D eigenvalue weighted by Crippen LogP contribution is 2.01. The van der Waals surface area contributed by atoms with E-state index in [1.54, 1.807) is 6.08 Å². The third-order valence-electron chi connectivity index (χ3n) is 1.25. The number of allylic oxidation sites excluding steroid dienone is 1. The maximum Gasteiger partial charge on any atom is 0.280 e. The van der Waals surface area contributed by atoms with Crippen molar-refractivity contribution in [2.24, 2.45) is 15.1 Å². The van der Waals surface area contributed by atoms with Crippen molar-refractivity contribution in [1.29, 1.82) is 0 Å². The molecule has 1 N–H and O–H groups in total. The number of fused-ring (bicyclic) bond motifs is 1. The third kappa shape index (κ3) is 0.615. The number of nitrogens with zero attached hydrogens (tertiary/aromatic N) is 3. The molecule has 0 aliphatic carbocycles. The molecule has 2 aliphatic heterocycles. The molecule has 10 heavy (non-hydrogen) atoms. The summed E-state index contributed by atoms with van der Waals surface area (Å²) in [6.45, 7) is 0. The lowest BCUT2D eigenvalue weighted by molar-refractivity contribution is -0.754. The van der Waals surface area contributed by atoms with Gasteiger partial charge in [0.2, 0.25) is 0 Å². The molecule has 0 spiro atoms. The van der Waals surface area contributed by atoms with Gasteiger partial charge in [0.1, 0.15) is 6.34 Å². The highest BCUT2D eigenvalue weighted by atomic mass is 16.5. The van der Waals surface area contributed by atoms with Crippen molar-refractivity contribution >= 4 is 18.4 Å². The largest absolute Gasteiger partial charge is 0.600 e. The minimum atomic E-state index is -0.310. The Hall–Kier alpha value is -1.33. The summed E-state index contributed by atoms with van der Waals surface area (Å²) in [5, 5.41) is 14.0. The van der Waals surface area contributed by atoms with Gasteiger partial charge >= 0.3 is 0 Å². The number of quaternary nitrogens is 1. The number of amidine groups is 1. The highest BCUT2D eigenvalue weighted by molar-refractivity contribution is 6.04. The molecule has 1 atom stereocenters. The number of hydrogen-bond acceptors (Lipinski definition) is 4. The van der Waals surface area contributed by atoms with Gasteiger partial charge in [0.05, 0.1) is 6.21 Å². The molecule has 2 rings (SSSR count). The van der Waals surface area contributed by atoms with Crippen LogP contribution in [0.25, 0.3) is 0 Å². The Kier molecular flexibility index (Phi) is 0.996. The maximum atomic E-state index is 10.8. The van der Waals surface area contributed by atoms with Crippen LogP contribution in [0.3, 0.4) is 0 Å². The topological polar surface area (TPSA) is 64.6 Å². The van der Waals surface area contributed by atoms with Gasteiger partial charge in [0.15, 0.2) is 5.70 Å². The predicted molar refractivity (Wildman–Crippen MR) is 36.8 cm³/mol. The standard InChI is InChI=1S/C5H4N4O/c10-9-5-4(1-2-8-9)6-3-7-5/h1-3,9H. The zero-order chi connectivity index (χ0) is 6.97. The first-order valence-corrected chi connectivity index (χ1v) is 2.77. The van der Waals surface area contributed by atoms with Crippen LogP contribution in [0.15, 0.2) is 26.9 Å². The molecule has 5 nitrogen and oxygen atoms in total. The third-order valence-corrected chi connectivity index (χ3v) is 1.25. The summed E-state index contributed by atoms with van der Waals surface area (Å²) in [4.78, 5) is 7.56. The first kappa shape index (κ1) is 5.45. The van der Waals surface area contributed by atoms with E-state index in [9.17, 15) is 5.21 Å². The minimum absolute atomic E-state index is 0.310. The van der Waals surface area contributed by atoms with Gasteiger partial charge in [0.25, 0.3) is 5.84 Å². The van der Waals surface area contributed by atoms with Crippen LogP contribution in [0.2, 0.25) is 0 Å². The lowest BCUT2D eigenvalue weighted by Crippen LogP contribution is -3.05. The number of hydroxylamine groups is 1. The summed E-state index contributed by atoms with van der Waals surface area (Å²) in [7, 11) is 0. The van der Waals surface area contributed by atoms with E-state index in [-0.39, 0.29) is 5.17 Å². The smallest absolute Gasteiger partial charge is 0.280 e. The van der Waals surface area contributed by atoms with Gasteiger partial charge in [-0.25, -0.2) is 4.99 Å². The normalized spacial score (nSPS) is 27.9. The number of nitrogens with one attached hydrogen (secondary N) is 1. The van der Waals surface area contributed by atoms with Crippen LogP contribution in [0, 0.1) is 5.21 Å². The van der Waals surface area contributed by atoms with Crippen molar-refractivity contribution in [3.63, 3.8) is 0 Å². The fraction of sp³-hybridized carbons (Fsp3) is 0. The molecule has 0 bridgehead atoms. The van der Waals surface area contributed by atoms with E-state index in [1.807, 2.05) is 0 Å². The lowest BCUT2D eigenvalue weighted by atomic mass is 10.4. The average Bonchev–Trinajstić information content (AvgIpc) is 2.36. The first-order chi connectivity index (χ1) is 4.88. The van der Waals surface area contributed by atoms with E-state index in [4.69, 9.17) is 0 Å². The summed E-state index contributed by atoms with van der Waals surface area (Å²) in [5.41, 5.74) is 0.611. The van der Waals surface area contributed by atoms with Gasteiger partial charge in [-0.1, -0.05) is 5.10 Å². The van der Waals surface area contributed by atoms with Gasteiger partial charge in [-0.2, -0.15) is 10.2 Å². The Balaban J connectivity index is 2.45. The monoisotopic (exact) mass is 136 g/mol. The molecule has 0 amide bonds. The fourth-order valence-corrected chi connectivity index (χ4v) is 0.800. The molecule has 0 radical (unpaired) electrons. The van der Waals surface area contributed by atoms with Crippen molar-refractivity contribution in [2.45, 2.75) is 0 Å². The quantitative estimate of drug-likeness (QED) is 0.413. The maximum absolute atomic E-state index is 10.8. The molecule has 5 heteroatoms. The van der Waals surface area contributed by atoms with Crippen LogP contribution in [0.5, 0.6) is 0 Å². The zero-order valence-corrected chi connectivity index (χ0v) is 4.98. The molecule has 0 aromatic heterocycles. The lowest BCUT2D eigenvalue weighted by Gasteiger charge is -2.15. The Bertz CT molecular complexity index is 275. The van der Waals surface area contributed by atoms with Crippen LogP contribution in [0.4, 0.5) is 0 Å². The predicted octanol–water partition coefficient (Wildman–Crippen LogP) is -1.31. The van der Waals surface area contributed by atoms with Crippen LogP contribution in [0.1, 0.15) is 0 Å². The van der Waals surface area contributed by atoms with Crippen molar-refractivity contribution in [1.82, 2.24) is 0 Å². The molecular formula is C5H4N4O. The molecule has 0 fully saturated rings. The van der Waals surface area contributed by atoms with E-state index in [1.165, 1.54) is 12.6 Å². The molecule has 0 saturated heterocycles. The second-order valence-electron chi connectivity index (χ2n) is 1.86. The van der Waals surface area contributed by atoms with E-state index >= 15 is 0 Å². The van der Waals surface area contributed by atoms with E-state index in [0.717, 1.165) is 0 Å². The molecule has 0 saturated carbocycles. The summed E-state index contributed by atoms with van der Waals surface area (Å²) < 4.78 is 0. The summed E-state index contributed by atoms with van der Waals surface area (Å²) >= 11 is 0. The first-order valence-electron chi connectivity index (χ1n) is 2.77. The highest BCUT2D eigenvalue weighted by Gasteiger charge is 2.19. The Labute approximate surface area is 56.7 Å².